The summed E-state index contributed by atoms with van der Waals surface area (Å²) in [5, 5.41) is 0. The van der Waals surface area contributed by atoms with Gasteiger partial charge in [-0.15, -0.1) is 0 Å². The first kappa shape index (κ1) is 29.2. The number of hydrogen-bond acceptors (Lipinski definition) is 8. The van der Waals surface area contributed by atoms with E-state index in [1.807, 2.05) is 49.8 Å². The number of imidazole rings is 1. The van der Waals surface area contributed by atoms with Crippen LogP contribution in [-0.2, 0) is 0 Å². The number of fused-ring (bicyclic) bond motifs is 1. The highest BCUT2D eigenvalue weighted by atomic mass is 16.5. The van der Waals surface area contributed by atoms with Gasteiger partial charge in [-0.2, -0.15) is 0 Å². The number of pyridine rings is 1. The molecule has 1 atom stereocenters. The van der Waals surface area contributed by atoms with Gasteiger partial charge in [0.05, 0.1) is 32.4 Å². The highest BCUT2D eigenvalue weighted by molar-refractivity contribution is 5.95. The predicted octanol–water partition coefficient (Wildman–Crippen LogP) is 4.44. The fourth-order valence-electron chi connectivity index (χ4n) is 5.67. The summed E-state index contributed by atoms with van der Waals surface area (Å²) >= 11 is 0. The molecule has 1 saturated heterocycles. The van der Waals surface area contributed by atoms with Gasteiger partial charge in [0.25, 0.3) is 5.91 Å². The van der Waals surface area contributed by atoms with E-state index in [0.29, 0.717) is 29.4 Å². The van der Waals surface area contributed by atoms with Crippen molar-refractivity contribution < 1.29 is 19.0 Å². The molecule has 3 heterocycles. The second kappa shape index (κ2) is 13.6. The van der Waals surface area contributed by atoms with Crippen LogP contribution in [0, 0.1) is 0 Å². The fraction of sp³-hybridized carbons (Fsp3) is 0.406. The van der Waals surface area contributed by atoms with Crippen LogP contribution in [-0.4, -0.2) is 98.3 Å². The van der Waals surface area contributed by atoms with Gasteiger partial charge in [0, 0.05) is 57.1 Å². The number of anilines is 1. The number of hydrogen-bond donors (Lipinski definition) is 1. The molecule has 1 N–H and O–H groups in total. The highest BCUT2D eigenvalue weighted by Gasteiger charge is 2.24. The Bertz CT molecular complexity index is 1420. The van der Waals surface area contributed by atoms with Gasteiger partial charge < -0.3 is 33.9 Å². The molecule has 5 rings (SSSR count). The molecule has 10 heteroatoms. The van der Waals surface area contributed by atoms with Gasteiger partial charge >= 0.3 is 0 Å². The average molecular weight is 573 g/mol. The summed E-state index contributed by atoms with van der Waals surface area (Å²) < 4.78 is 16.4. The maximum Gasteiger partial charge on any atom is 0.253 e. The minimum absolute atomic E-state index is 0.107. The average Bonchev–Trinajstić information content (AvgIpc) is 3.33. The van der Waals surface area contributed by atoms with Crippen LogP contribution in [0.3, 0.4) is 0 Å². The number of methoxy groups -OCH3 is 3. The zero-order valence-electron chi connectivity index (χ0n) is 24.9. The van der Waals surface area contributed by atoms with Gasteiger partial charge in [-0.25, -0.2) is 4.98 Å². The molecule has 0 radical (unpaired) electrons. The number of amides is 1. The molecule has 222 valence electrons. The second-order valence-corrected chi connectivity index (χ2v) is 10.6. The van der Waals surface area contributed by atoms with Crippen LogP contribution in [0.1, 0.15) is 34.7 Å². The second-order valence-electron chi connectivity index (χ2n) is 10.6. The van der Waals surface area contributed by atoms with Gasteiger partial charge in [0.2, 0.25) is 11.7 Å². The molecule has 1 aliphatic heterocycles. The lowest BCUT2D eigenvalue weighted by Gasteiger charge is -2.28. The lowest BCUT2D eigenvalue weighted by molar-refractivity contribution is 0.0782. The van der Waals surface area contributed by atoms with E-state index in [1.165, 1.54) is 5.56 Å². The van der Waals surface area contributed by atoms with Crippen LogP contribution in [0.15, 0.2) is 60.9 Å². The SMILES string of the molecule is COc1cc(C(=O)N(C)CC(CCN2CCCN(c3nc4ccccc4[nH]3)CC2)c2ccncc2)cc(OC)c1OC. The standard InChI is InChI=1S/C32H40N6O4/c1-36(31(39)25-20-28(40-2)30(42-4)29(21-25)41-3)22-24(23-10-13-33-14-11-23)12-17-37-15-7-16-38(19-18-37)32-34-26-8-5-6-9-27(26)35-32/h5-6,8-11,13-14,20-21,24H,7,12,15-19,22H2,1-4H3,(H,34,35). The molecule has 1 amide bonds. The lowest BCUT2D eigenvalue weighted by Crippen LogP contribution is -2.35. The number of ether oxygens (including phenoxy) is 3. The van der Waals surface area contributed by atoms with Crippen molar-refractivity contribution >= 4 is 22.9 Å². The van der Waals surface area contributed by atoms with E-state index in [4.69, 9.17) is 19.2 Å². The number of carbonyl (C=O) groups excluding carboxylic acids is 1. The van der Waals surface area contributed by atoms with Crippen LogP contribution < -0.4 is 19.1 Å². The molecule has 2 aromatic carbocycles. The summed E-state index contributed by atoms with van der Waals surface area (Å²) in [6.45, 7) is 5.38. The molecule has 0 saturated carbocycles. The normalized spacial score (nSPS) is 14.8. The minimum atomic E-state index is -0.107. The molecule has 4 aromatic rings. The van der Waals surface area contributed by atoms with Crippen LogP contribution in [0.2, 0.25) is 0 Å². The maximum atomic E-state index is 13.6. The number of nitrogens with one attached hydrogen (secondary N) is 1. The third-order valence-electron chi connectivity index (χ3n) is 7.99. The predicted molar refractivity (Wildman–Crippen MR) is 164 cm³/mol. The number of aromatic amines is 1. The van der Waals surface area contributed by atoms with E-state index in [9.17, 15) is 4.79 Å². The molecule has 0 spiro atoms. The van der Waals surface area contributed by atoms with Crippen molar-refractivity contribution in [1.82, 2.24) is 24.8 Å². The summed E-state index contributed by atoms with van der Waals surface area (Å²) in [5.41, 5.74) is 3.73. The summed E-state index contributed by atoms with van der Waals surface area (Å²) in [6.07, 6.45) is 5.62. The summed E-state index contributed by atoms with van der Waals surface area (Å²) in [6, 6.07) is 15.7. The largest absolute Gasteiger partial charge is 0.493 e. The summed E-state index contributed by atoms with van der Waals surface area (Å²) in [4.78, 5) is 32.7. The molecular formula is C32H40N6O4. The molecule has 0 aliphatic carbocycles. The van der Waals surface area contributed by atoms with Crippen LogP contribution in [0.25, 0.3) is 11.0 Å². The molecule has 10 nitrogen and oxygen atoms in total. The number of H-pyrrole nitrogens is 1. The number of rotatable bonds is 11. The number of nitrogens with zero attached hydrogens (tertiary/aromatic N) is 5. The van der Waals surface area contributed by atoms with Crippen molar-refractivity contribution in [2.24, 2.45) is 0 Å². The number of likely N-dealkylation sites (N-methyl/N-ethyl adjacent to an activating group) is 1. The highest BCUT2D eigenvalue weighted by Crippen LogP contribution is 2.38. The van der Waals surface area contributed by atoms with Crippen LogP contribution in [0.5, 0.6) is 17.2 Å². The van der Waals surface area contributed by atoms with Crippen molar-refractivity contribution in [2.45, 2.75) is 18.8 Å². The van der Waals surface area contributed by atoms with Crippen molar-refractivity contribution in [2.75, 3.05) is 72.5 Å². The molecule has 2 aromatic heterocycles. The monoisotopic (exact) mass is 572 g/mol. The van der Waals surface area contributed by atoms with Gasteiger partial charge in [0.1, 0.15) is 0 Å². The molecule has 1 unspecified atom stereocenters. The Labute approximate surface area is 247 Å². The number of benzene rings is 2. The topological polar surface area (TPSA) is 96.1 Å². The van der Waals surface area contributed by atoms with Crippen LogP contribution in [0.4, 0.5) is 5.95 Å². The Morgan fingerprint density at radius 1 is 0.976 bits per heavy atom. The zero-order valence-corrected chi connectivity index (χ0v) is 24.9. The van der Waals surface area contributed by atoms with Crippen molar-refractivity contribution in [1.29, 1.82) is 0 Å². The molecule has 1 aliphatic rings. The zero-order chi connectivity index (χ0) is 29.5. The lowest BCUT2D eigenvalue weighted by atomic mass is 9.95. The third kappa shape index (κ3) is 6.60. The van der Waals surface area contributed by atoms with Crippen molar-refractivity contribution in [3.05, 3.63) is 72.1 Å². The van der Waals surface area contributed by atoms with E-state index in [2.05, 4.69) is 25.8 Å². The third-order valence-corrected chi connectivity index (χ3v) is 7.99. The van der Waals surface area contributed by atoms with Gasteiger partial charge in [-0.05, 0) is 67.9 Å². The van der Waals surface area contributed by atoms with Crippen LogP contribution >= 0.6 is 0 Å². The van der Waals surface area contributed by atoms with E-state index < -0.39 is 0 Å². The minimum Gasteiger partial charge on any atom is -0.493 e. The number of aromatic nitrogens is 3. The Morgan fingerprint density at radius 3 is 2.40 bits per heavy atom. The number of carbonyl (C=O) groups is 1. The quantitative estimate of drug-likeness (QED) is 0.282. The van der Waals surface area contributed by atoms with Gasteiger partial charge in [-0.3, -0.25) is 9.78 Å². The Morgan fingerprint density at radius 2 is 1.71 bits per heavy atom. The summed E-state index contributed by atoms with van der Waals surface area (Å²) in [5.74, 6) is 2.36. The smallest absolute Gasteiger partial charge is 0.253 e. The first-order valence-electron chi connectivity index (χ1n) is 14.4. The Balaban J connectivity index is 1.25. The molecule has 42 heavy (non-hydrogen) atoms. The molecule has 1 fully saturated rings. The van der Waals surface area contributed by atoms with E-state index in [-0.39, 0.29) is 11.8 Å². The van der Waals surface area contributed by atoms with Crippen molar-refractivity contribution in [3.8, 4) is 17.2 Å². The van der Waals surface area contributed by atoms with E-state index in [1.54, 1.807) is 38.4 Å². The molecule has 0 bridgehead atoms. The Hall–Kier alpha value is -4.31. The van der Waals surface area contributed by atoms with Gasteiger partial charge in [0.15, 0.2) is 11.5 Å². The Kier molecular flexibility index (Phi) is 9.43. The van der Waals surface area contributed by atoms with E-state index >= 15 is 0 Å². The maximum absolute atomic E-state index is 13.6. The van der Waals surface area contributed by atoms with Crippen molar-refractivity contribution in [3.63, 3.8) is 0 Å². The van der Waals surface area contributed by atoms with Gasteiger partial charge in [-0.1, -0.05) is 12.1 Å². The molecular weight excluding hydrogens is 532 g/mol. The number of para-hydroxylation sites is 2. The first-order chi connectivity index (χ1) is 20.5. The summed E-state index contributed by atoms with van der Waals surface area (Å²) in [7, 11) is 6.49. The first-order valence-corrected chi connectivity index (χ1v) is 14.4. The fourth-order valence-corrected chi connectivity index (χ4v) is 5.67. The van der Waals surface area contributed by atoms with E-state index in [0.717, 1.165) is 62.5 Å².